The molecule has 208 valence electrons. The number of pyridine rings is 1. The zero-order chi connectivity index (χ0) is 26.9. The summed E-state index contributed by atoms with van der Waals surface area (Å²) in [6, 6.07) is 1.65. The number of hydrogen-bond acceptors (Lipinski definition) is 7. The standard InChI is InChI=1S/C30H38N4O5/c1-15(30(2)8-9-30)32-28(36)24-18-6-7-19(20(18)10-16-4-5-16)26(24)33-27(35)21-11-17(12-31-29(21)37-3)25-22-13-38-14-23(22)39-34-25/h10-12,15-16,18-19,22-24,26H,4-9,13-14H2,1-3H3,(H,32,36)(H,33,35)/b20-10-/t15-,18+,19-,22?,23?,24+,26-/m1/s1. The molecule has 2 amide bonds. The van der Waals surface area contributed by atoms with Crippen LogP contribution in [0.4, 0.5) is 0 Å². The molecule has 4 saturated carbocycles. The molecule has 4 aliphatic carbocycles. The maximum absolute atomic E-state index is 13.9. The molecule has 7 atom stereocenters. The van der Waals surface area contributed by atoms with E-state index in [1.807, 2.05) is 0 Å². The molecule has 2 N–H and O–H groups in total. The van der Waals surface area contributed by atoms with E-state index < -0.39 is 0 Å². The number of rotatable bonds is 8. The summed E-state index contributed by atoms with van der Waals surface area (Å²) < 4.78 is 11.0. The molecular weight excluding hydrogens is 496 g/mol. The van der Waals surface area contributed by atoms with Crippen LogP contribution in [0, 0.1) is 35.0 Å². The highest BCUT2D eigenvalue weighted by molar-refractivity contribution is 6.06. The van der Waals surface area contributed by atoms with Crippen LogP contribution in [0.15, 0.2) is 29.1 Å². The third-order valence-electron chi connectivity index (χ3n) is 10.2. The Balaban J connectivity index is 1.16. The summed E-state index contributed by atoms with van der Waals surface area (Å²) in [6.45, 7) is 5.40. The molecule has 39 heavy (non-hydrogen) atoms. The fourth-order valence-corrected chi connectivity index (χ4v) is 7.17. The predicted octanol–water partition coefficient (Wildman–Crippen LogP) is 3.24. The van der Waals surface area contributed by atoms with Gasteiger partial charge in [0, 0.05) is 29.8 Å². The summed E-state index contributed by atoms with van der Waals surface area (Å²) in [6.07, 6.45) is 10.7. The first kappa shape index (κ1) is 25.1. The molecule has 0 aromatic carbocycles. The Morgan fingerprint density at radius 1 is 1.15 bits per heavy atom. The van der Waals surface area contributed by atoms with E-state index in [2.05, 4.69) is 40.7 Å². The molecule has 1 aromatic rings. The minimum absolute atomic E-state index is 0.0279. The lowest BCUT2D eigenvalue weighted by Crippen LogP contribution is -2.52. The first-order valence-corrected chi connectivity index (χ1v) is 14.5. The number of nitrogens with one attached hydrogen (secondary N) is 2. The summed E-state index contributed by atoms with van der Waals surface area (Å²) >= 11 is 0. The van der Waals surface area contributed by atoms with Gasteiger partial charge in [-0.25, -0.2) is 4.98 Å². The minimum Gasteiger partial charge on any atom is -0.480 e. The fourth-order valence-electron chi connectivity index (χ4n) is 7.17. The van der Waals surface area contributed by atoms with Crippen molar-refractivity contribution in [2.24, 2.45) is 40.2 Å². The number of hydrogen-bond donors (Lipinski definition) is 2. The third kappa shape index (κ3) is 4.33. The predicted molar refractivity (Wildman–Crippen MR) is 143 cm³/mol. The maximum Gasteiger partial charge on any atom is 0.257 e. The average Bonchev–Trinajstić information content (AvgIpc) is 3.69. The van der Waals surface area contributed by atoms with E-state index in [1.54, 1.807) is 12.3 Å². The molecule has 2 unspecified atom stereocenters. The summed E-state index contributed by atoms with van der Waals surface area (Å²) in [4.78, 5) is 37.6. The highest BCUT2D eigenvalue weighted by Gasteiger charge is 2.56. The smallest absolute Gasteiger partial charge is 0.257 e. The van der Waals surface area contributed by atoms with Gasteiger partial charge < -0.3 is 24.9 Å². The number of carbonyl (C=O) groups excluding carboxylic acids is 2. The lowest BCUT2D eigenvalue weighted by molar-refractivity contribution is -0.128. The molecule has 6 aliphatic rings. The number of carbonyl (C=O) groups is 2. The molecule has 5 fully saturated rings. The van der Waals surface area contributed by atoms with Crippen molar-refractivity contribution >= 4 is 17.5 Å². The molecule has 7 rings (SSSR count). The fraction of sp³-hybridized carbons (Fsp3) is 0.667. The summed E-state index contributed by atoms with van der Waals surface area (Å²) in [5, 5.41) is 10.9. The minimum atomic E-state index is -0.275. The van der Waals surface area contributed by atoms with Crippen LogP contribution in [-0.2, 0) is 14.4 Å². The molecule has 1 saturated heterocycles. The van der Waals surface area contributed by atoms with Crippen molar-refractivity contribution in [2.45, 2.75) is 70.6 Å². The van der Waals surface area contributed by atoms with Gasteiger partial charge in [-0.15, -0.1) is 0 Å². The Morgan fingerprint density at radius 2 is 1.95 bits per heavy atom. The van der Waals surface area contributed by atoms with Gasteiger partial charge in [-0.3, -0.25) is 9.59 Å². The largest absolute Gasteiger partial charge is 0.480 e. The van der Waals surface area contributed by atoms with E-state index >= 15 is 0 Å². The quantitative estimate of drug-likeness (QED) is 0.496. The number of nitrogens with zero attached hydrogens (tertiary/aromatic N) is 2. The lowest BCUT2D eigenvalue weighted by atomic mass is 9.83. The molecular formula is C30H38N4O5. The zero-order valence-electron chi connectivity index (χ0n) is 22.9. The molecule has 2 bridgehead atoms. The second kappa shape index (κ2) is 9.32. The first-order chi connectivity index (χ1) is 18.9. The second-order valence-electron chi connectivity index (χ2n) is 12.7. The van der Waals surface area contributed by atoms with E-state index in [0.717, 1.165) is 37.0 Å². The van der Waals surface area contributed by atoms with Crippen molar-refractivity contribution in [3.8, 4) is 5.88 Å². The van der Waals surface area contributed by atoms with Crippen molar-refractivity contribution in [1.82, 2.24) is 15.6 Å². The van der Waals surface area contributed by atoms with Gasteiger partial charge in [0.2, 0.25) is 11.8 Å². The number of ether oxygens (including phenoxy) is 2. The van der Waals surface area contributed by atoms with Gasteiger partial charge in [0.05, 0.1) is 37.9 Å². The number of fused-ring (bicyclic) bond motifs is 3. The molecule has 0 radical (unpaired) electrons. The molecule has 3 heterocycles. The normalized spacial score (nSPS) is 35.3. The highest BCUT2D eigenvalue weighted by Crippen LogP contribution is 2.55. The van der Waals surface area contributed by atoms with Crippen LogP contribution in [-0.4, -0.2) is 61.0 Å². The van der Waals surface area contributed by atoms with E-state index in [0.29, 0.717) is 24.7 Å². The first-order valence-electron chi connectivity index (χ1n) is 14.5. The molecule has 9 heteroatoms. The molecule has 0 spiro atoms. The Bertz CT molecular complexity index is 1250. The number of allylic oxidation sites excluding steroid dienone is 1. The van der Waals surface area contributed by atoms with E-state index in [9.17, 15) is 9.59 Å². The Morgan fingerprint density at radius 3 is 2.69 bits per heavy atom. The van der Waals surface area contributed by atoms with Crippen molar-refractivity contribution in [1.29, 1.82) is 0 Å². The maximum atomic E-state index is 13.9. The van der Waals surface area contributed by atoms with Gasteiger partial charge in [0.1, 0.15) is 5.56 Å². The van der Waals surface area contributed by atoms with E-state index in [1.165, 1.54) is 25.5 Å². The van der Waals surface area contributed by atoms with Crippen LogP contribution in [0.5, 0.6) is 5.88 Å². The Kier molecular flexibility index (Phi) is 5.99. The summed E-state index contributed by atoms with van der Waals surface area (Å²) in [5.74, 6) is 0.812. The highest BCUT2D eigenvalue weighted by atomic mass is 16.7. The van der Waals surface area contributed by atoms with Gasteiger partial charge in [-0.05, 0) is 68.8 Å². The van der Waals surface area contributed by atoms with Gasteiger partial charge >= 0.3 is 0 Å². The number of methoxy groups -OCH3 is 1. The summed E-state index contributed by atoms with van der Waals surface area (Å²) in [7, 11) is 1.51. The van der Waals surface area contributed by atoms with Gasteiger partial charge in [-0.1, -0.05) is 23.7 Å². The average molecular weight is 535 g/mol. The van der Waals surface area contributed by atoms with Crippen molar-refractivity contribution < 1.29 is 23.9 Å². The molecule has 2 aliphatic heterocycles. The van der Waals surface area contributed by atoms with Crippen LogP contribution < -0.4 is 15.4 Å². The SMILES string of the molecule is COc1ncc(C2=NOC3COCC23)cc1C(=O)N[C@H]1[C@@H](C(=O)N[C@H](C)C2(C)CC2)[C@H]2CC[C@@H]1/C2=C\C1CC1. The van der Waals surface area contributed by atoms with Crippen LogP contribution in [0.2, 0.25) is 0 Å². The number of oxime groups is 1. The van der Waals surface area contributed by atoms with Gasteiger partial charge in [0.25, 0.3) is 5.91 Å². The van der Waals surface area contributed by atoms with Crippen LogP contribution in [0.3, 0.4) is 0 Å². The van der Waals surface area contributed by atoms with E-state index in [4.69, 9.17) is 14.3 Å². The van der Waals surface area contributed by atoms with Crippen molar-refractivity contribution in [3.63, 3.8) is 0 Å². The number of amides is 2. The van der Waals surface area contributed by atoms with Gasteiger partial charge in [0.15, 0.2) is 6.10 Å². The molecule has 9 nitrogen and oxygen atoms in total. The third-order valence-corrected chi connectivity index (χ3v) is 10.2. The van der Waals surface area contributed by atoms with Crippen molar-refractivity contribution in [3.05, 3.63) is 35.0 Å². The Hall–Kier alpha value is -2.94. The van der Waals surface area contributed by atoms with Crippen LogP contribution in [0.25, 0.3) is 0 Å². The lowest BCUT2D eigenvalue weighted by Gasteiger charge is -2.32. The van der Waals surface area contributed by atoms with Crippen LogP contribution in [0.1, 0.15) is 68.3 Å². The monoisotopic (exact) mass is 534 g/mol. The summed E-state index contributed by atoms with van der Waals surface area (Å²) in [5.41, 5.74) is 3.39. The van der Waals surface area contributed by atoms with Gasteiger partial charge in [-0.2, -0.15) is 0 Å². The van der Waals surface area contributed by atoms with Crippen molar-refractivity contribution in [2.75, 3.05) is 20.3 Å². The second-order valence-corrected chi connectivity index (χ2v) is 12.7. The zero-order valence-corrected chi connectivity index (χ0v) is 22.9. The van der Waals surface area contributed by atoms with Crippen LogP contribution >= 0.6 is 0 Å². The topological polar surface area (TPSA) is 111 Å². The van der Waals surface area contributed by atoms with E-state index in [-0.39, 0.29) is 65.0 Å². The molecule has 1 aromatic heterocycles. The Labute approximate surface area is 229 Å². The number of aromatic nitrogens is 1.